The van der Waals surface area contributed by atoms with Gasteiger partial charge in [-0.25, -0.2) is 14.4 Å². The zero-order chi connectivity index (χ0) is 16.4. The fourth-order valence-electron chi connectivity index (χ4n) is 2.47. The Hall–Kier alpha value is -3.20. The molecular weight excluding hydrogens is 293 g/mol. The summed E-state index contributed by atoms with van der Waals surface area (Å²) in [6.07, 6.45) is 1.64. The van der Waals surface area contributed by atoms with E-state index >= 15 is 0 Å². The molecule has 2 aromatic heterocycles. The number of aromatic nitrogens is 3. The van der Waals surface area contributed by atoms with Crippen LogP contribution in [0.1, 0.15) is 17.0 Å². The second-order valence-corrected chi connectivity index (χ2v) is 5.13. The molecular formula is C17H14FN5. The minimum atomic E-state index is -0.298. The van der Waals surface area contributed by atoms with Gasteiger partial charge in [-0.15, -0.1) is 0 Å². The molecule has 0 saturated carbocycles. The lowest BCUT2D eigenvalue weighted by molar-refractivity contribution is 0.628. The van der Waals surface area contributed by atoms with Crippen molar-refractivity contribution >= 4 is 11.6 Å². The van der Waals surface area contributed by atoms with Crippen LogP contribution in [-0.2, 0) is 0 Å². The highest BCUT2D eigenvalue weighted by Crippen LogP contribution is 2.28. The van der Waals surface area contributed by atoms with Gasteiger partial charge in [-0.1, -0.05) is 0 Å². The lowest BCUT2D eigenvalue weighted by Crippen LogP contribution is -1.98. The Bertz CT molecular complexity index is 890. The summed E-state index contributed by atoms with van der Waals surface area (Å²) in [6.45, 7) is 3.78. The Morgan fingerprint density at radius 3 is 2.57 bits per heavy atom. The molecule has 114 valence electrons. The monoisotopic (exact) mass is 307 g/mol. The third-order valence-corrected chi connectivity index (χ3v) is 3.56. The molecule has 0 aliphatic carbocycles. The molecule has 5 nitrogen and oxygen atoms in total. The quantitative estimate of drug-likeness (QED) is 0.770. The summed E-state index contributed by atoms with van der Waals surface area (Å²) in [5, 5.41) is 12.2. The Morgan fingerprint density at radius 2 is 1.91 bits per heavy atom. The largest absolute Gasteiger partial charge is 0.350 e. The number of nitrogens with one attached hydrogen (secondary N) is 2. The lowest BCUT2D eigenvalue weighted by Gasteiger charge is -2.07. The third kappa shape index (κ3) is 2.90. The molecule has 1 aromatic carbocycles. The lowest BCUT2D eigenvalue weighted by atomic mass is 10.1. The van der Waals surface area contributed by atoms with E-state index in [-0.39, 0.29) is 5.82 Å². The first-order chi connectivity index (χ1) is 11.1. The second-order valence-electron chi connectivity index (χ2n) is 5.13. The zero-order valence-corrected chi connectivity index (χ0v) is 12.7. The molecule has 0 aliphatic rings. The molecule has 2 N–H and O–H groups in total. The first-order valence-corrected chi connectivity index (χ1v) is 7.03. The number of nitrogens with zero attached hydrogens (tertiary/aromatic N) is 3. The number of benzene rings is 1. The van der Waals surface area contributed by atoms with Crippen molar-refractivity contribution < 1.29 is 4.39 Å². The van der Waals surface area contributed by atoms with E-state index in [1.807, 2.05) is 13.8 Å². The van der Waals surface area contributed by atoms with E-state index in [0.29, 0.717) is 17.3 Å². The maximum Gasteiger partial charge on any atom is 0.227 e. The fraction of sp³-hybridized carbons (Fsp3) is 0.118. The van der Waals surface area contributed by atoms with Crippen LogP contribution in [0.15, 0.2) is 36.5 Å². The van der Waals surface area contributed by atoms with Crippen molar-refractivity contribution in [3.63, 3.8) is 0 Å². The Labute approximate surface area is 132 Å². The molecule has 0 fully saturated rings. The molecule has 6 heteroatoms. The summed E-state index contributed by atoms with van der Waals surface area (Å²) in [7, 11) is 0. The van der Waals surface area contributed by atoms with Crippen LogP contribution in [0.2, 0.25) is 0 Å². The average Bonchev–Trinajstić information content (AvgIpc) is 2.84. The van der Waals surface area contributed by atoms with Gasteiger partial charge in [0.1, 0.15) is 17.6 Å². The first-order valence-electron chi connectivity index (χ1n) is 7.03. The summed E-state index contributed by atoms with van der Waals surface area (Å²) >= 11 is 0. The van der Waals surface area contributed by atoms with Gasteiger partial charge in [0.05, 0.1) is 5.69 Å². The van der Waals surface area contributed by atoms with Crippen molar-refractivity contribution in [2.24, 2.45) is 0 Å². The van der Waals surface area contributed by atoms with E-state index in [1.54, 1.807) is 24.4 Å². The highest BCUT2D eigenvalue weighted by Gasteiger charge is 2.14. The van der Waals surface area contributed by atoms with Crippen molar-refractivity contribution in [2.75, 3.05) is 5.32 Å². The highest BCUT2D eigenvalue weighted by atomic mass is 19.1. The first kappa shape index (κ1) is 14.7. The predicted molar refractivity (Wildman–Crippen MR) is 85.7 cm³/mol. The number of nitriles is 1. The normalized spacial score (nSPS) is 10.3. The highest BCUT2D eigenvalue weighted by molar-refractivity contribution is 5.70. The van der Waals surface area contributed by atoms with E-state index in [1.165, 1.54) is 12.1 Å². The van der Waals surface area contributed by atoms with Crippen LogP contribution >= 0.6 is 0 Å². The van der Waals surface area contributed by atoms with E-state index in [2.05, 4.69) is 26.3 Å². The van der Waals surface area contributed by atoms with Gasteiger partial charge in [0.25, 0.3) is 0 Å². The van der Waals surface area contributed by atoms with Gasteiger partial charge in [0.2, 0.25) is 5.95 Å². The van der Waals surface area contributed by atoms with Crippen molar-refractivity contribution in [3.8, 4) is 17.3 Å². The Kier molecular flexibility index (Phi) is 3.77. The summed E-state index contributed by atoms with van der Waals surface area (Å²) in [5.41, 5.74) is 4.58. The smallest absolute Gasteiger partial charge is 0.227 e. The van der Waals surface area contributed by atoms with Crippen LogP contribution in [0.25, 0.3) is 11.3 Å². The molecule has 0 saturated heterocycles. The number of H-pyrrole nitrogens is 1. The molecule has 0 unspecified atom stereocenters. The minimum Gasteiger partial charge on any atom is -0.350 e. The van der Waals surface area contributed by atoms with Crippen molar-refractivity contribution in [1.82, 2.24) is 15.0 Å². The van der Waals surface area contributed by atoms with Gasteiger partial charge in [-0.2, -0.15) is 5.26 Å². The number of rotatable bonds is 3. The van der Waals surface area contributed by atoms with E-state index in [9.17, 15) is 4.39 Å². The maximum absolute atomic E-state index is 12.9. The summed E-state index contributed by atoms with van der Waals surface area (Å²) in [5.74, 6) is 0.112. The van der Waals surface area contributed by atoms with Gasteiger partial charge in [0.15, 0.2) is 0 Å². The number of anilines is 2. The van der Waals surface area contributed by atoms with Gasteiger partial charge in [-0.05, 0) is 49.7 Å². The number of hydrogen-bond donors (Lipinski definition) is 2. The number of aromatic amines is 1. The molecule has 0 aliphatic heterocycles. The molecule has 3 rings (SSSR count). The van der Waals surface area contributed by atoms with Crippen molar-refractivity contribution in [3.05, 3.63) is 59.3 Å². The van der Waals surface area contributed by atoms with Gasteiger partial charge >= 0.3 is 0 Å². The molecule has 0 bridgehead atoms. The van der Waals surface area contributed by atoms with Crippen LogP contribution in [0, 0.1) is 31.0 Å². The fourth-order valence-corrected chi connectivity index (χ4v) is 2.47. The Morgan fingerprint density at radius 1 is 1.17 bits per heavy atom. The molecule has 3 aromatic rings. The third-order valence-electron chi connectivity index (χ3n) is 3.56. The van der Waals surface area contributed by atoms with Gasteiger partial charge in [-0.3, -0.25) is 0 Å². The molecule has 0 atom stereocenters. The molecule has 2 heterocycles. The molecule has 0 spiro atoms. The molecule has 23 heavy (non-hydrogen) atoms. The van der Waals surface area contributed by atoms with Crippen LogP contribution in [-0.4, -0.2) is 15.0 Å². The van der Waals surface area contributed by atoms with E-state index in [4.69, 9.17) is 5.26 Å². The van der Waals surface area contributed by atoms with Crippen LogP contribution in [0.4, 0.5) is 16.0 Å². The van der Waals surface area contributed by atoms with E-state index < -0.39 is 0 Å². The van der Waals surface area contributed by atoms with Gasteiger partial charge in [0, 0.05) is 23.1 Å². The standard InChI is InChI=1S/C17H14FN5/c1-10-15(9-19)21-11(2)16(10)14-7-8-20-17(23-14)22-13-5-3-12(18)4-6-13/h3-8,21H,1-2H3,(H,20,22,23). The van der Waals surface area contributed by atoms with Crippen LogP contribution in [0.5, 0.6) is 0 Å². The zero-order valence-electron chi connectivity index (χ0n) is 12.7. The topological polar surface area (TPSA) is 77.4 Å². The van der Waals surface area contributed by atoms with Crippen LogP contribution < -0.4 is 5.32 Å². The second kappa shape index (κ2) is 5.89. The number of aryl methyl sites for hydroxylation is 1. The summed E-state index contributed by atoms with van der Waals surface area (Å²) < 4.78 is 12.9. The summed E-state index contributed by atoms with van der Waals surface area (Å²) in [6, 6.07) is 9.90. The number of halogens is 1. The molecule has 0 radical (unpaired) electrons. The predicted octanol–water partition coefficient (Wildman–Crippen LogP) is 3.84. The van der Waals surface area contributed by atoms with Crippen LogP contribution in [0.3, 0.4) is 0 Å². The van der Waals surface area contributed by atoms with E-state index in [0.717, 1.165) is 22.5 Å². The SMILES string of the molecule is Cc1[nH]c(C#N)c(C)c1-c1ccnc(Nc2ccc(F)cc2)n1. The summed E-state index contributed by atoms with van der Waals surface area (Å²) in [4.78, 5) is 11.7. The maximum atomic E-state index is 12.9. The number of hydrogen-bond acceptors (Lipinski definition) is 4. The van der Waals surface area contributed by atoms with Crippen molar-refractivity contribution in [1.29, 1.82) is 5.26 Å². The molecule has 0 amide bonds. The van der Waals surface area contributed by atoms with Gasteiger partial charge < -0.3 is 10.3 Å². The minimum absolute atomic E-state index is 0.298. The Balaban J connectivity index is 1.96. The van der Waals surface area contributed by atoms with Crippen molar-refractivity contribution in [2.45, 2.75) is 13.8 Å². The average molecular weight is 307 g/mol.